The minimum absolute atomic E-state index is 0.0220. The summed E-state index contributed by atoms with van der Waals surface area (Å²) in [6.07, 6.45) is 0.485. The molecule has 0 aliphatic heterocycles. The quantitative estimate of drug-likeness (QED) is 0.511. The Labute approximate surface area is 161 Å². The summed E-state index contributed by atoms with van der Waals surface area (Å²) < 4.78 is 31.6. The molecule has 0 unspecified atom stereocenters. The summed E-state index contributed by atoms with van der Waals surface area (Å²) in [6, 6.07) is 5.28. The monoisotopic (exact) mass is 396 g/mol. The summed E-state index contributed by atoms with van der Waals surface area (Å²) in [5, 5.41) is 0. The molecule has 0 heterocycles. The van der Waals surface area contributed by atoms with E-state index in [0.717, 1.165) is 0 Å². The molecule has 1 aromatic carbocycles. The van der Waals surface area contributed by atoms with Gasteiger partial charge in [-0.25, -0.2) is 17.9 Å². The van der Waals surface area contributed by atoms with Gasteiger partial charge in [0.15, 0.2) is 6.10 Å². The number of sulfonamides is 1. The summed E-state index contributed by atoms with van der Waals surface area (Å²) in [5.41, 5.74) is 0.165. The number of esters is 1. The van der Waals surface area contributed by atoms with Crippen LogP contribution in [0.2, 0.25) is 0 Å². The van der Waals surface area contributed by atoms with Gasteiger partial charge in [0.2, 0.25) is 10.0 Å². The van der Waals surface area contributed by atoms with Gasteiger partial charge in [-0.15, -0.1) is 6.58 Å². The minimum Gasteiger partial charge on any atom is -0.449 e. The van der Waals surface area contributed by atoms with Crippen molar-refractivity contribution in [3.8, 4) is 0 Å². The summed E-state index contributed by atoms with van der Waals surface area (Å²) in [7, 11) is -3.67. The number of benzene rings is 1. The predicted molar refractivity (Wildman–Crippen MR) is 104 cm³/mol. The van der Waals surface area contributed by atoms with E-state index in [1.165, 1.54) is 37.3 Å². The highest BCUT2D eigenvalue weighted by Crippen LogP contribution is 2.14. The molecule has 1 atom stereocenters. The molecule has 1 N–H and O–H groups in total. The normalized spacial score (nSPS) is 12.7. The van der Waals surface area contributed by atoms with Crippen LogP contribution in [0.1, 0.15) is 45.0 Å². The molecule has 0 spiro atoms. The van der Waals surface area contributed by atoms with Gasteiger partial charge in [0, 0.05) is 18.6 Å². The second-order valence-electron chi connectivity index (χ2n) is 6.65. The van der Waals surface area contributed by atoms with Crippen LogP contribution in [0.15, 0.2) is 41.8 Å². The number of nitrogens with one attached hydrogen (secondary N) is 1. The van der Waals surface area contributed by atoms with E-state index >= 15 is 0 Å². The van der Waals surface area contributed by atoms with Gasteiger partial charge in [-0.05, 0) is 58.9 Å². The maximum Gasteiger partial charge on any atom is 0.338 e. The zero-order valence-corrected chi connectivity index (χ0v) is 17.2. The standard InChI is InChI=1S/C19H28N2O5S/c1-7-12-20-27(24,25)17-10-8-16(9-11-17)19(23)26-15(6)18(22)21(13(2)3)14(4)5/h7-11,13-15,20H,1,12H2,2-6H3/t15-/m0/s1. The van der Waals surface area contributed by atoms with Crippen molar-refractivity contribution in [1.29, 1.82) is 0 Å². The number of hydrogen-bond donors (Lipinski definition) is 1. The molecule has 0 saturated carbocycles. The molecular weight excluding hydrogens is 368 g/mol. The van der Waals surface area contributed by atoms with E-state index in [1.807, 2.05) is 27.7 Å². The number of carbonyl (C=O) groups excluding carboxylic acids is 2. The molecule has 8 heteroatoms. The van der Waals surface area contributed by atoms with Gasteiger partial charge in [0.1, 0.15) is 0 Å². The molecule has 150 valence electrons. The molecular formula is C19H28N2O5S. The SMILES string of the molecule is C=CCNS(=O)(=O)c1ccc(C(=O)O[C@@H](C)C(=O)N(C(C)C)C(C)C)cc1. The molecule has 0 aromatic heterocycles. The van der Waals surface area contributed by atoms with Crippen LogP contribution < -0.4 is 4.72 Å². The van der Waals surface area contributed by atoms with E-state index in [0.29, 0.717) is 0 Å². The van der Waals surface area contributed by atoms with E-state index in [1.54, 1.807) is 4.90 Å². The van der Waals surface area contributed by atoms with E-state index in [2.05, 4.69) is 11.3 Å². The fourth-order valence-corrected chi connectivity index (χ4v) is 3.61. The highest BCUT2D eigenvalue weighted by molar-refractivity contribution is 7.89. The number of ether oxygens (including phenoxy) is 1. The first-order chi connectivity index (χ1) is 12.5. The Balaban J connectivity index is 2.86. The molecule has 0 radical (unpaired) electrons. The highest BCUT2D eigenvalue weighted by Gasteiger charge is 2.28. The fraction of sp³-hybridized carbons (Fsp3) is 0.474. The maximum absolute atomic E-state index is 12.5. The van der Waals surface area contributed by atoms with Crippen molar-refractivity contribution in [3.63, 3.8) is 0 Å². The van der Waals surface area contributed by atoms with E-state index in [9.17, 15) is 18.0 Å². The average Bonchev–Trinajstić information content (AvgIpc) is 2.59. The van der Waals surface area contributed by atoms with Crippen LogP contribution in [0, 0.1) is 0 Å². The minimum atomic E-state index is -3.67. The molecule has 0 aliphatic rings. The number of carbonyl (C=O) groups is 2. The molecule has 27 heavy (non-hydrogen) atoms. The van der Waals surface area contributed by atoms with Crippen molar-refractivity contribution in [2.24, 2.45) is 0 Å². The Morgan fingerprint density at radius 1 is 1.11 bits per heavy atom. The third-order valence-corrected chi connectivity index (χ3v) is 5.26. The number of nitrogens with zero attached hydrogens (tertiary/aromatic N) is 1. The molecule has 1 amide bonds. The summed E-state index contributed by atoms with van der Waals surface area (Å²) in [6.45, 7) is 12.7. The predicted octanol–water partition coefficient (Wildman–Crippen LogP) is 2.34. The van der Waals surface area contributed by atoms with E-state index in [-0.39, 0.29) is 35.0 Å². The lowest BCUT2D eigenvalue weighted by atomic mass is 10.2. The Bertz CT molecular complexity index is 762. The van der Waals surface area contributed by atoms with Crippen molar-refractivity contribution >= 4 is 21.9 Å². The van der Waals surface area contributed by atoms with Crippen LogP contribution in [-0.4, -0.2) is 49.9 Å². The second kappa shape index (κ2) is 9.66. The lowest BCUT2D eigenvalue weighted by molar-refractivity contribution is -0.143. The van der Waals surface area contributed by atoms with Crippen LogP contribution in [0.5, 0.6) is 0 Å². The number of hydrogen-bond acceptors (Lipinski definition) is 5. The van der Waals surface area contributed by atoms with Crippen LogP contribution in [0.3, 0.4) is 0 Å². The third-order valence-electron chi connectivity index (χ3n) is 3.82. The van der Waals surface area contributed by atoms with Crippen molar-refractivity contribution in [2.45, 2.75) is 57.7 Å². The second-order valence-corrected chi connectivity index (χ2v) is 8.41. The van der Waals surface area contributed by atoms with Gasteiger partial charge in [-0.1, -0.05) is 6.08 Å². The van der Waals surface area contributed by atoms with E-state index in [4.69, 9.17) is 4.74 Å². The highest BCUT2D eigenvalue weighted by atomic mass is 32.2. The largest absolute Gasteiger partial charge is 0.449 e. The van der Waals surface area contributed by atoms with Gasteiger partial charge in [-0.3, -0.25) is 4.79 Å². The Morgan fingerprint density at radius 3 is 2.07 bits per heavy atom. The van der Waals surface area contributed by atoms with Gasteiger partial charge >= 0.3 is 5.97 Å². The molecule has 1 aromatic rings. The van der Waals surface area contributed by atoms with Gasteiger partial charge in [-0.2, -0.15) is 0 Å². The fourth-order valence-electron chi connectivity index (χ4n) is 2.62. The smallest absolute Gasteiger partial charge is 0.338 e. The molecule has 7 nitrogen and oxygen atoms in total. The summed E-state index contributed by atoms with van der Waals surface area (Å²) >= 11 is 0. The number of rotatable bonds is 9. The van der Waals surface area contributed by atoms with Crippen molar-refractivity contribution in [3.05, 3.63) is 42.5 Å². The zero-order valence-electron chi connectivity index (χ0n) is 16.4. The average molecular weight is 397 g/mol. The van der Waals surface area contributed by atoms with E-state index < -0.39 is 22.1 Å². The Morgan fingerprint density at radius 2 is 1.63 bits per heavy atom. The van der Waals surface area contributed by atoms with Gasteiger partial charge in [0.25, 0.3) is 5.91 Å². The maximum atomic E-state index is 12.5. The van der Waals surface area contributed by atoms with Crippen LogP contribution in [-0.2, 0) is 19.6 Å². The van der Waals surface area contributed by atoms with Crippen molar-refractivity contribution in [1.82, 2.24) is 9.62 Å². The van der Waals surface area contributed by atoms with Gasteiger partial charge < -0.3 is 9.64 Å². The number of amides is 1. The Kier molecular flexibility index (Phi) is 8.18. The Hall–Kier alpha value is -2.19. The molecule has 0 bridgehead atoms. The molecule has 0 saturated heterocycles. The third kappa shape index (κ3) is 6.18. The summed E-state index contributed by atoms with van der Waals surface area (Å²) in [5.74, 6) is -0.965. The zero-order chi connectivity index (χ0) is 20.8. The van der Waals surface area contributed by atoms with Crippen molar-refractivity contribution < 1.29 is 22.7 Å². The topological polar surface area (TPSA) is 92.8 Å². The van der Waals surface area contributed by atoms with Crippen molar-refractivity contribution in [2.75, 3.05) is 6.54 Å². The lowest BCUT2D eigenvalue weighted by Crippen LogP contribution is -2.47. The van der Waals surface area contributed by atoms with Gasteiger partial charge in [0.05, 0.1) is 10.5 Å². The first-order valence-electron chi connectivity index (χ1n) is 8.75. The first kappa shape index (κ1) is 22.9. The molecule has 1 rings (SSSR count). The van der Waals surface area contributed by atoms with Crippen LogP contribution >= 0.6 is 0 Å². The first-order valence-corrected chi connectivity index (χ1v) is 10.2. The molecule has 0 fully saturated rings. The van der Waals surface area contributed by atoms with Crippen LogP contribution in [0.4, 0.5) is 0 Å². The lowest BCUT2D eigenvalue weighted by Gasteiger charge is -2.32. The van der Waals surface area contributed by atoms with Crippen LogP contribution in [0.25, 0.3) is 0 Å². The summed E-state index contributed by atoms with van der Waals surface area (Å²) in [4.78, 5) is 26.5. The molecule has 0 aliphatic carbocycles.